The fraction of sp³-hybridized carbons (Fsp3) is 0.0811. The molecule has 0 aromatic heterocycles. The van der Waals surface area contributed by atoms with E-state index in [-0.39, 0.29) is 6.61 Å². The van der Waals surface area contributed by atoms with E-state index in [1.165, 1.54) is 16.7 Å². The molecule has 1 aliphatic heterocycles. The summed E-state index contributed by atoms with van der Waals surface area (Å²) in [5.41, 5.74) is 8.75. The summed E-state index contributed by atoms with van der Waals surface area (Å²) in [6.07, 6.45) is 5.69. The van der Waals surface area contributed by atoms with Crippen molar-refractivity contribution in [1.82, 2.24) is 0 Å². The summed E-state index contributed by atoms with van der Waals surface area (Å²) in [5, 5.41) is 12.1. The van der Waals surface area contributed by atoms with Crippen LogP contribution in [0.5, 0.6) is 5.75 Å². The Morgan fingerprint density at radius 1 is 0.800 bits per heavy atom. The van der Waals surface area contributed by atoms with Crippen LogP contribution in [0.15, 0.2) is 128 Å². The number of aryl methyl sites for hydroxylation is 1. The number of aliphatic hydroxyl groups is 1. The fourth-order valence-corrected chi connectivity index (χ4v) is 4.73. The van der Waals surface area contributed by atoms with E-state index in [9.17, 15) is 5.11 Å². The Hall–Kier alpha value is -4.70. The van der Waals surface area contributed by atoms with Crippen molar-refractivity contribution in [2.75, 3.05) is 6.61 Å². The van der Waals surface area contributed by atoms with Gasteiger partial charge in [0.15, 0.2) is 0 Å². The molecule has 40 heavy (non-hydrogen) atoms. The molecule has 0 radical (unpaired) electrons. The molecule has 6 rings (SSSR count). The second kappa shape index (κ2) is 12.4. The molecule has 5 aromatic carbocycles. The van der Waals surface area contributed by atoms with Gasteiger partial charge in [-0.3, -0.25) is 0 Å². The summed E-state index contributed by atoms with van der Waals surface area (Å²) in [7, 11) is 0. The number of benzene rings is 5. The first-order valence-electron chi connectivity index (χ1n) is 13.3. The summed E-state index contributed by atoms with van der Waals surface area (Å²) >= 11 is 0. The quantitative estimate of drug-likeness (QED) is 0.251. The van der Waals surface area contributed by atoms with E-state index < -0.39 is 6.48 Å². The summed E-state index contributed by atoms with van der Waals surface area (Å²) in [6, 6.07) is 37.0. The molecule has 0 bridgehead atoms. The molecular formula is C37H32O3. The lowest BCUT2D eigenvalue weighted by Crippen LogP contribution is -2.20. The lowest BCUT2D eigenvalue weighted by Gasteiger charge is -2.19. The number of fused-ring (bicyclic) bond motifs is 4. The van der Waals surface area contributed by atoms with E-state index in [1.54, 1.807) is 0 Å². The van der Waals surface area contributed by atoms with Gasteiger partial charge in [-0.15, -0.1) is 0 Å². The predicted octanol–water partition coefficient (Wildman–Crippen LogP) is 8.90. The van der Waals surface area contributed by atoms with Gasteiger partial charge in [0.1, 0.15) is 5.75 Å². The maximum atomic E-state index is 10.0. The van der Waals surface area contributed by atoms with Crippen LogP contribution < -0.4 is 4.74 Å². The van der Waals surface area contributed by atoms with Crippen LogP contribution in [0.2, 0.25) is 0 Å². The van der Waals surface area contributed by atoms with E-state index in [1.807, 2.05) is 78.9 Å². The van der Waals surface area contributed by atoms with Crippen LogP contribution in [0.4, 0.5) is 0 Å². The van der Waals surface area contributed by atoms with Gasteiger partial charge >= 0.3 is 6.48 Å². The molecule has 0 spiro atoms. The molecule has 1 aliphatic rings. The Morgan fingerprint density at radius 3 is 2.23 bits per heavy atom. The van der Waals surface area contributed by atoms with Gasteiger partial charge in [0.25, 0.3) is 0 Å². The lowest BCUT2D eigenvalue weighted by molar-refractivity contribution is -0.210. The van der Waals surface area contributed by atoms with Crippen LogP contribution in [-0.4, -0.2) is 18.2 Å². The maximum absolute atomic E-state index is 10.0. The molecule has 1 N–H and O–H groups in total. The highest BCUT2D eigenvalue weighted by molar-refractivity contribution is 6.00. The van der Waals surface area contributed by atoms with E-state index in [4.69, 9.17) is 9.47 Å². The van der Waals surface area contributed by atoms with Gasteiger partial charge in [-0.25, -0.2) is 0 Å². The Labute approximate surface area is 236 Å². The van der Waals surface area contributed by atoms with Gasteiger partial charge in [0.05, 0.1) is 6.61 Å². The molecule has 0 fully saturated rings. The Morgan fingerprint density at radius 2 is 1.48 bits per heavy atom. The first kappa shape index (κ1) is 26.9. The Kier molecular flexibility index (Phi) is 8.36. The van der Waals surface area contributed by atoms with Gasteiger partial charge in [0, 0.05) is 5.56 Å². The second-order valence-electron chi connectivity index (χ2n) is 9.58. The van der Waals surface area contributed by atoms with Crippen LogP contribution in [-0.2, 0) is 4.74 Å². The van der Waals surface area contributed by atoms with Crippen LogP contribution >= 0.6 is 0 Å². The zero-order valence-corrected chi connectivity index (χ0v) is 22.6. The predicted molar refractivity (Wildman–Crippen MR) is 167 cm³/mol. The standard InChI is InChI=1S/C22H18O3.C15H14/c1-15-18-10-4-2-7-16(18)9-6-14-24-22(23)25-20-13-12-17-8-3-5-11-19(17)21(15)20;1-3-13-6-10-15(11-7-13)14-8-4-12(2)5-9-14/h2-13,22-23H,1,14H2;3-11H,1H2,2H3/b9-6-;. The number of aliphatic hydroxyl groups excluding tert-OH is 1. The third-order valence-corrected chi connectivity index (χ3v) is 6.87. The highest BCUT2D eigenvalue weighted by Gasteiger charge is 2.18. The molecule has 0 aliphatic carbocycles. The number of ether oxygens (including phenoxy) is 2. The smallest absolute Gasteiger partial charge is 0.313 e. The fourth-order valence-electron chi connectivity index (χ4n) is 4.73. The number of rotatable bonds is 2. The van der Waals surface area contributed by atoms with Gasteiger partial charge < -0.3 is 14.6 Å². The van der Waals surface area contributed by atoms with Crippen molar-refractivity contribution in [3.05, 3.63) is 156 Å². The third-order valence-electron chi connectivity index (χ3n) is 6.87. The largest absolute Gasteiger partial charge is 0.441 e. The normalized spacial score (nSPS) is 15.3. The van der Waals surface area contributed by atoms with Gasteiger partial charge in [-0.1, -0.05) is 140 Å². The molecule has 1 atom stereocenters. The molecule has 1 heterocycles. The molecule has 3 nitrogen and oxygen atoms in total. The minimum Gasteiger partial charge on any atom is -0.441 e. The van der Waals surface area contributed by atoms with Gasteiger partial charge in [-0.05, 0) is 57.2 Å². The van der Waals surface area contributed by atoms with Crippen LogP contribution in [0.1, 0.15) is 27.8 Å². The molecule has 5 aromatic rings. The first-order chi connectivity index (χ1) is 19.5. The van der Waals surface area contributed by atoms with Crippen LogP contribution in [0, 0.1) is 6.92 Å². The summed E-state index contributed by atoms with van der Waals surface area (Å²) < 4.78 is 11.0. The van der Waals surface area contributed by atoms with Crippen molar-refractivity contribution in [1.29, 1.82) is 0 Å². The average molecular weight is 525 g/mol. The van der Waals surface area contributed by atoms with Crippen molar-refractivity contribution in [3.8, 4) is 16.9 Å². The number of hydrogen-bond donors (Lipinski definition) is 1. The second-order valence-corrected chi connectivity index (χ2v) is 9.58. The summed E-state index contributed by atoms with van der Waals surface area (Å²) in [4.78, 5) is 0. The van der Waals surface area contributed by atoms with Crippen molar-refractivity contribution < 1.29 is 14.6 Å². The van der Waals surface area contributed by atoms with E-state index in [2.05, 4.69) is 68.6 Å². The Balaban J connectivity index is 0.000000184. The monoisotopic (exact) mass is 524 g/mol. The van der Waals surface area contributed by atoms with E-state index >= 15 is 0 Å². The summed E-state index contributed by atoms with van der Waals surface area (Å²) in [6.45, 7) is 9.11. The van der Waals surface area contributed by atoms with Gasteiger partial charge in [0.2, 0.25) is 0 Å². The third kappa shape index (κ3) is 6.13. The van der Waals surface area contributed by atoms with Crippen molar-refractivity contribution >= 4 is 28.5 Å². The van der Waals surface area contributed by atoms with Crippen LogP contribution in [0.25, 0.3) is 39.6 Å². The SMILES string of the molecule is C=C1c2ccccc2/C=C\COC(O)Oc2ccc3ccccc3c21.C=Cc1ccc(-c2ccc(C)cc2)cc1. The van der Waals surface area contributed by atoms with E-state index in [0.717, 1.165) is 38.6 Å². The Bertz CT molecular complexity index is 1660. The number of hydrogen-bond acceptors (Lipinski definition) is 3. The molecule has 0 saturated heterocycles. The molecule has 1 unspecified atom stereocenters. The van der Waals surface area contributed by atoms with Crippen molar-refractivity contribution in [2.24, 2.45) is 0 Å². The topological polar surface area (TPSA) is 38.7 Å². The van der Waals surface area contributed by atoms with Gasteiger partial charge in [-0.2, -0.15) is 0 Å². The minimum absolute atomic E-state index is 0.255. The highest BCUT2D eigenvalue weighted by Crippen LogP contribution is 2.38. The molecule has 198 valence electrons. The first-order valence-corrected chi connectivity index (χ1v) is 13.3. The van der Waals surface area contributed by atoms with Crippen LogP contribution in [0.3, 0.4) is 0 Å². The molecule has 0 amide bonds. The van der Waals surface area contributed by atoms with Crippen molar-refractivity contribution in [2.45, 2.75) is 13.4 Å². The van der Waals surface area contributed by atoms with E-state index in [0.29, 0.717) is 5.75 Å². The molecule has 0 saturated carbocycles. The summed E-state index contributed by atoms with van der Waals surface area (Å²) in [5.74, 6) is 0.549. The highest BCUT2D eigenvalue weighted by atomic mass is 16.8. The lowest BCUT2D eigenvalue weighted by atomic mass is 9.91. The maximum Gasteiger partial charge on any atom is 0.313 e. The minimum atomic E-state index is -1.33. The zero-order chi connectivity index (χ0) is 27.9. The average Bonchev–Trinajstić information content (AvgIpc) is 3.02. The zero-order valence-electron chi connectivity index (χ0n) is 22.6. The van der Waals surface area contributed by atoms with Crippen molar-refractivity contribution in [3.63, 3.8) is 0 Å². The molecule has 3 heteroatoms. The molecular weight excluding hydrogens is 492 g/mol.